The van der Waals surface area contributed by atoms with E-state index < -0.39 is 0 Å². The van der Waals surface area contributed by atoms with E-state index >= 15 is 0 Å². The molecule has 0 fully saturated rings. The molecule has 0 radical (unpaired) electrons. The monoisotopic (exact) mass is 326 g/mol. The molecular weight excluding hydrogens is 292 g/mol. The molecule has 0 aliphatic rings. The van der Waals surface area contributed by atoms with Crippen molar-refractivity contribution in [1.82, 2.24) is 9.80 Å². The molecule has 0 atom stereocenters. The average molecular weight is 327 g/mol. The lowest BCUT2D eigenvalue weighted by molar-refractivity contribution is 0.552. The predicted molar refractivity (Wildman–Crippen MR) is 110 cm³/mol. The van der Waals surface area contributed by atoms with Gasteiger partial charge < -0.3 is 9.80 Å². The zero-order valence-electron chi connectivity index (χ0n) is 16.7. The Bertz CT molecular complexity index is 516. The Morgan fingerprint density at radius 2 is 0.750 bits per heavy atom. The molecule has 2 nitrogen and oxygen atoms in total. The van der Waals surface area contributed by atoms with Crippen LogP contribution < -0.4 is 0 Å². The molecule has 2 aromatic rings. The van der Waals surface area contributed by atoms with Crippen LogP contribution in [0.3, 0.4) is 0 Å². The fourth-order valence-electron chi connectivity index (χ4n) is 2.41. The lowest BCUT2D eigenvalue weighted by atomic mass is 10.0. The van der Waals surface area contributed by atoms with E-state index in [1.807, 2.05) is 27.7 Å². The van der Waals surface area contributed by atoms with Gasteiger partial charge in [0.05, 0.1) is 11.4 Å². The fraction of sp³-hybridized carbons (Fsp3) is 0.364. The molecule has 0 N–H and O–H groups in total. The minimum Gasteiger partial charge on any atom is -0.375 e. The van der Waals surface area contributed by atoms with Crippen molar-refractivity contribution < 1.29 is 0 Å². The molecule has 0 amide bonds. The predicted octanol–water partition coefficient (Wildman–Crippen LogP) is 5.69. The molecule has 132 valence electrons. The number of benzene rings is 2. The van der Waals surface area contributed by atoms with Gasteiger partial charge in [0.25, 0.3) is 0 Å². The van der Waals surface area contributed by atoms with Gasteiger partial charge in [0, 0.05) is 28.2 Å². The summed E-state index contributed by atoms with van der Waals surface area (Å²) in [6, 6.07) is 21.0. The first-order valence-electron chi connectivity index (χ1n) is 8.81. The highest BCUT2D eigenvalue weighted by Crippen LogP contribution is 2.29. The maximum absolute atomic E-state index is 2.18. The Balaban J connectivity index is 0.00000123. The minimum absolute atomic E-state index is 1.22. The summed E-state index contributed by atoms with van der Waals surface area (Å²) in [5, 5.41) is 0. The molecule has 0 bridgehead atoms. The van der Waals surface area contributed by atoms with Crippen LogP contribution in [0.5, 0.6) is 0 Å². The van der Waals surface area contributed by atoms with Gasteiger partial charge >= 0.3 is 0 Å². The first kappa shape index (κ1) is 21.8. The van der Waals surface area contributed by atoms with Gasteiger partial charge in [-0.3, -0.25) is 0 Å². The summed E-state index contributed by atoms with van der Waals surface area (Å²) < 4.78 is 0. The van der Waals surface area contributed by atoms with Crippen LogP contribution in [0, 0.1) is 0 Å². The Labute approximate surface area is 149 Å². The van der Waals surface area contributed by atoms with Crippen molar-refractivity contribution in [3.8, 4) is 0 Å². The number of nitrogens with zero attached hydrogens (tertiary/aromatic N) is 2. The van der Waals surface area contributed by atoms with E-state index in [-0.39, 0.29) is 0 Å². The number of hydrogen-bond acceptors (Lipinski definition) is 2. The SMILES string of the molecule is CC.CC.CN(C)/C(=C(\c1ccccc1)N(C)C)c1ccccc1. The van der Waals surface area contributed by atoms with Gasteiger partial charge in [0.1, 0.15) is 0 Å². The van der Waals surface area contributed by atoms with E-state index in [4.69, 9.17) is 0 Å². The molecule has 0 saturated heterocycles. The third kappa shape index (κ3) is 6.11. The second-order valence-electron chi connectivity index (χ2n) is 5.22. The van der Waals surface area contributed by atoms with Gasteiger partial charge in [0.2, 0.25) is 0 Å². The second kappa shape index (κ2) is 12.2. The van der Waals surface area contributed by atoms with Crippen LogP contribution in [0.2, 0.25) is 0 Å². The summed E-state index contributed by atoms with van der Waals surface area (Å²) in [7, 11) is 8.37. The topological polar surface area (TPSA) is 6.48 Å². The lowest BCUT2D eigenvalue weighted by Crippen LogP contribution is -2.19. The van der Waals surface area contributed by atoms with Crippen molar-refractivity contribution in [1.29, 1.82) is 0 Å². The molecule has 0 aliphatic carbocycles. The summed E-state index contributed by atoms with van der Waals surface area (Å²) >= 11 is 0. The Morgan fingerprint density at radius 1 is 0.500 bits per heavy atom. The summed E-state index contributed by atoms with van der Waals surface area (Å²) in [4.78, 5) is 4.36. The van der Waals surface area contributed by atoms with E-state index in [1.54, 1.807) is 0 Å². The van der Waals surface area contributed by atoms with E-state index in [0.29, 0.717) is 0 Å². The number of hydrogen-bond donors (Lipinski definition) is 0. The standard InChI is InChI=1S/C18H22N2.2C2H6/c1-19(2)17(15-11-7-5-8-12-15)18(20(3)4)16-13-9-6-10-14-16;2*1-2/h5-14H,1-4H3;2*1-2H3/b18-17+;;. The second-order valence-corrected chi connectivity index (χ2v) is 5.22. The molecular formula is C22H34N2. The summed E-state index contributed by atoms with van der Waals surface area (Å²) in [5.74, 6) is 0. The molecule has 0 aliphatic heterocycles. The molecule has 0 spiro atoms. The zero-order chi connectivity index (χ0) is 18.5. The smallest absolute Gasteiger partial charge is 0.0678 e. The maximum Gasteiger partial charge on any atom is 0.0678 e. The van der Waals surface area contributed by atoms with Crippen molar-refractivity contribution in [3.63, 3.8) is 0 Å². The lowest BCUT2D eigenvalue weighted by Gasteiger charge is -2.27. The molecule has 0 saturated carbocycles. The highest BCUT2D eigenvalue weighted by atomic mass is 15.1. The third-order valence-electron chi connectivity index (χ3n) is 3.21. The molecule has 0 heterocycles. The zero-order valence-corrected chi connectivity index (χ0v) is 16.7. The molecule has 2 heteroatoms. The maximum atomic E-state index is 2.18. The third-order valence-corrected chi connectivity index (χ3v) is 3.21. The van der Waals surface area contributed by atoms with Crippen molar-refractivity contribution in [3.05, 3.63) is 71.8 Å². The Morgan fingerprint density at radius 3 is 0.958 bits per heavy atom. The highest BCUT2D eigenvalue weighted by molar-refractivity contribution is 5.88. The van der Waals surface area contributed by atoms with Gasteiger partial charge in [-0.25, -0.2) is 0 Å². The largest absolute Gasteiger partial charge is 0.375 e. The minimum atomic E-state index is 1.22. The van der Waals surface area contributed by atoms with Gasteiger partial charge in [-0.1, -0.05) is 88.4 Å². The Hall–Kier alpha value is -2.22. The van der Waals surface area contributed by atoms with Gasteiger partial charge in [-0.15, -0.1) is 0 Å². The highest BCUT2D eigenvalue weighted by Gasteiger charge is 2.15. The molecule has 2 aromatic carbocycles. The van der Waals surface area contributed by atoms with Crippen LogP contribution in [-0.2, 0) is 0 Å². The summed E-state index contributed by atoms with van der Waals surface area (Å²) in [6.07, 6.45) is 0. The molecule has 2 rings (SSSR count). The average Bonchev–Trinajstić information content (AvgIpc) is 2.63. The van der Waals surface area contributed by atoms with Crippen LogP contribution in [-0.4, -0.2) is 38.0 Å². The van der Waals surface area contributed by atoms with Gasteiger partial charge in [-0.2, -0.15) is 0 Å². The van der Waals surface area contributed by atoms with E-state index in [9.17, 15) is 0 Å². The van der Waals surface area contributed by atoms with Crippen molar-refractivity contribution in [2.24, 2.45) is 0 Å². The van der Waals surface area contributed by atoms with Crippen LogP contribution in [0.1, 0.15) is 38.8 Å². The fourth-order valence-corrected chi connectivity index (χ4v) is 2.41. The Kier molecular flexibility index (Phi) is 11.1. The van der Waals surface area contributed by atoms with Gasteiger partial charge in [-0.05, 0) is 11.1 Å². The van der Waals surface area contributed by atoms with E-state index in [2.05, 4.69) is 98.7 Å². The normalized spacial score (nSPS) is 10.3. The van der Waals surface area contributed by atoms with E-state index in [1.165, 1.54) is 22.5 Å². The van der Waals surface area contributed by atoms with Crippen molar-refractivity contribution in [2.45, 2.75) is 27.7 Å². The number of rotatable bonds is 4. The first-order chi connectivity index (χ1) is 11.6. The summed E-state index contributed by atoms with van der Waals surface area (Å²) in [6.45, 7) is 8.00. The van der Waals surface area contributed by atoms with Crippen LogP contribution in [0.15, 0.2) is 60.7 Å². The van der Waals surface area contributed by atoms with Gasteiger partial charge in [0.15, 0.2) is 0 Å². The first-order valence-corrected chi connectivity index (χ1v) is 8.81. The van der Waals surface area contributed by atoms with Crippen molar-refractivity contribution >= 4 is 11.4 Å². The quantitative estimate of drug-likeness (QED) is 0.666. The summed E-state index contributed by atoms with van der Waals surface area (Å²) in [5.41, 5.74) is 4.90. The van der Waals surface area contributed by atoms with Crippen LogP contribution in [0.4, 0.5) is 0 Å². The molecule has 0 unspecified atom stereocenters. The molecule has 0 aromatic heterocycles. The van der Waals surface area contributed by atoms with Crippen molar-refractivity contribution in [2.75, 3.05) is 28.2 Å². The molecule has 24 heavy (non-hydrogen) atoms. The van der Waals surface area contributed by atoms with Crippen LogP contribution in [0.25, 0.3) is 11.4 Å². The van der Waals surface area contributed by atoms with Crippen LogP contribution >= 0.6 is 0 Å². The van der Waals surface area contributed by atoms with E-state index in [0.717, 1.165) is 0 Å².